The SMILES string of the molecule is CC1OC2(C)CC1(C)CCC2C. The third-order valence-electron chi connectivity index (χ3n) is 4.37. The Bertz CT molecular complexity index is 201. The second-order valence-corrected chi connectivity index (χ2v) is 5.34. The normalized spacial score (nSPS) is 59.0. The van der Waals surface area contributed by atoms with Gasteiger partial charge in [-0.05, 0) is 44.4 Å². The van der Waals surface area contributed by atoms with Gasteiger partial charge in [-0.2, -0.15) is 0 Å². The quantitative estimate of drug-likeness (QED) is 0.540. The van der Waals surface area contributed by atoms with E-state index in [4.69, 9.17) is 4.74 Å². The summed E-state index contributed by atoms with van der Waals surface area (Å²) < 4.78 is 6.09. The predicted molar refractivity (Wildman–Crippen MR) is 50.1 cm³/mol. The van der Waals surface area contributed by atoms with E-state index >= 15 is 0 Å². The van der Waals surface area contributed by atoms with Crippen LogP contribution in [-0.2, 0) is 4.74 Å². The third kappa shape index (κ3) is 0.953. The van der Waals surface area contributed by atoms with Gasteiger partial charge in [0.25, 0.3) is 0 Å². The van der Waals surface area contributed by atoms with Crippen LogP contribution in [0.2, 0.25) is 0 Å². The molecule has 0 radical (unpaired) electrons. The van der Waals surface area contributed by atoms with Crippen molar-refractivity contribution < 1.29 is 4.74 Å². The molecule has 4 unspecified atom stereocenters. The highest BCUT2D eigenvalue weighted by Gasteiger charge is 2.54. The molecule has 1 heteroatoms. The zero-order valence-corrected chi connectivity index (χ0v) is 8.68. The molecule has 1 aliphatic heterocycles. The second kappa shape index (κ2) is 2.25. The minimum atomic E-state index is 0.187. The lowest BCUT2D eigenvalue weighted by molar-refractivity contribution is -0.0542. The molecule has 2 fully saturated rings. The van der Waals surface area contributed by atoms with Crippen molar-refractivity contribution in [3.8, 4) is 0 Å². The summed E-state index contributed by atoms with van der Waals surface area (Å²) in [4.78, 5) is 0. The fourth-order valence-corrected chi connectivity index (χ4v) is 2.97. The van der Waals surface area contributed by atoms with E-state index in [1.54, 1.807) is 0 Å². The Hall–Kier alpha value is -0.0400. The summed E-state index contributed by atoms with van der Waals surface area (Å²) in [5.74, 6) is 0.746. The maximum Gasteiger partial charge on any atom is 0.0690 e. The molecule has 0 spiro atoms. The lowest BCUT2D eigenvalue weighted by Crippen LogP contribution is -2.37. The summed E-state index contributed by atoms with van der Waals surface area (Å²) in [6.45, 7) is 9.24. The van der Waals surface area contributed by atoms with Crippen molar-refractivity contribution in [2.24, 2.45) is 11.3 Å². The number of ether oxygens (including phenoxy) is 1. The fourth-order valence-electron chi connectivity index (χ4n) is 2.97. The summed E-state index contributed by atoms with van der Waals surface area (Å²) in [5, 5.41) is 0. The lowest BCUT2D eigenvalue weighted by atomic mass is 9.66. The fraction of sp³-hybridized carbons (Fsp3) is 1.00. The molecule has 1 aliphatic carbocycles. The van der Waals surface area contributed by atoms with Gasteiger partial charge >= 0.3 is 0 Å². The molecule has 1 heterocycles. The van der Waals surface area contributed by atoms with E-state index < -0.39 is 0 Å². The molecular weight excluding hydrogens is 148 g/mol. The number of hydrogen-bond acceptors (Lipinski definition) is 1. The van der Waals surface area contributed by atoms with Crippen LogP contribution in [0.25, 0.3) is 0 Å². The van der Waals surface area contributed by atoms with Crippen molar-refractivity contribution >= 4 is 0 Å². The zero-order valence-electron chi connectivity index (χ0n) is 8.68. The van der Waals surface area contributed by atoms with Crippen LogP contribution in [0.3, 0.4) is 0 Å². The Kier molecular flexibility index (Phi) is 1.61. The van der Waals surface area contributed by atoms with Crippen molar-refractivity contribution in [1.82, 2.24) is 0 Å². The third-order valence-corrected chi connectivity index (χ3v) is 4.37. The average Bonchev–Trinajstić information content (AvgIpc) is 2.15. The smallest absolute Gasteiger partial charge is 0.0690 e. The van der Waals surface area contributed by atoms with Crippen molar-refractivity contribution in [3.05, 3.63) is 0 Å². The number of hydrogen-bond donors (Lipinski definition) is 0. The molecule has 2 rings (SSSR count). The highest BCUT2D eigenvalue weighted by Crippen LogP contribution is 2.55. The summed E-state index contributed by atoms with van der Waals surface area (Å²) >= 11 is 0. The van der Waals surface area contributed by atoms with Crippen LogP contribution < -0.4 is 0 Å². The van der Waals surface area contributed by atoms with Crippen LogP contribution in [0.4, 0.5) is 0 Å². The predicted octanol–water partition coefficient (Wildman–Crippen LogP) is 2.99. The monoisotopic (exact) mass is 168 g/mol. The summed E-state index contributed by atoms with van der Waals surface area (Å²) in [7, 11) is 0. The topological polar surface area (TPSA) is 9.23 Å². The summed E-state index contributed by atoms with van der Waals surface area (Å²) in [6, 6.07) is 0. The Morgan fingerprint density at radius 1 is 1.25 bits per heavy atom. The molecule has 1 nitrogen and oxygen atoms in total. The highest BCUT2D eigenvalue weighted by molar-refractivity contribution is 5.03. The zero-order chi connectivity index (χ0) is 8.98. The van der Waals surface area contributed by atoms with Crippen LogP contribution in [-0.4, -0.2) is 11.7 Å². The van der Waals surface area contributed by atoms with E-state index in [1.165, 1.54) is 19.3 Å². The molecule has 2 aliphatic rings. The van der Waals surface area contributed by atoms with E-state index in [9.17, 15) is 0 Å². The van der Waals surface area contributed by atoms with Crippen molar-refractivity contribution in [3.63, 3.8) is 0 Å². The van der Waals surface area contributed by atoms with Crippen LogP contribution in [0.5, 0.6) is 0 Å². The molecule has 0 aromatic heterocycles. The maximum absolute atomic E-state index is 6.09. The molecule has 0 aromatic rings. The van der Waals surface area contributed by atoms with Gasteiger partial charge in [0.05, 0.1) is 11.7 Å². The molecule has 0 N–H and O–H groups in total. The van der Waals surface area contributed by atoms with E-state index in [1.807, 2.05) is 0 Å². The van der Waals surface area contributed by atoms with Gasteiger partial charge < -0.3 is 4.74 Å². The summed E-state index contributed by atoms with van der Waals surface area (Å²) in [5.41, 5.74) is 0.660. The van der Waals surface area contributed by atoms with Crippen LogP contribution >= 0.6 is 0 Å². The van der Waals surface area contributed by atoms with Gasteiger partial charge in [0.15, 0.2) is 0 Å². The van der Waals surface area contributed by atoms with E-state index in [-0.39, 0.29) is 5.60 Å². The van der Waals surface area contributed by atoms with Gasteiger partial charge in [0, 0.05) is 0 Å². The van der Waals surface area contributed by atoms with Crippen molar-refractivity contribution in [2.75, 3.05) is 0 Å². The van der Waals surface area contributed by atoms with Crippen LogP contribution in [0, 0.1) is 11.3 Å². The van der Waals surface area contributed by atoms with E-state index in [0.29, 0.717) is 11.5 Å². The molecule has 2 bridgehead atoms. The standard InChI is InChI=1S/C11H20O/c1-8-5-6-10(3)7-11(8,4)12-9(10)2/h8-9H,5-7H2,1-4H3. The molecule has 70 valence electrons. The lowest BCUT2D eigenvalue weighted by Gasteiger charge is -2.38. The van der Waals surface area contributed by atoms with Crippen LogP contribution in [0.1, 0.15) is 47.0 Å². The van der Waals surface area contributed by atoms with Gasteiger partial charge in [-0.25, -0.2) is 0 Å². The molecule has 1 saturated heterocycles. The molecule has 12 heavy (non-hydrogen) atoms. The minimum Gasteiger partial charge on any atom is -0.371 e. The van der Waals surface area contributed by atoms with Gasteiger partial charge in [0.2, 0.25) is 0 Å². The van der Waals surface area contributed by atoms with Gasteiger partial charge in [-0.15, -0.1) is 0 Å². The van der Waals surface area contributed by atoms with Crippen LogP contribution in [0.15, 0.2) is 0 Å². The first-order valence-corrected chi connectivity index (χ1v) is 5.14. The molecule has 0 amide bonds. The first-order chi connectivity index (χ1) is 5.46. The second-order valence-electron chi connectivity index (χ2n) is 5.34. The number of fused-ring (bicyclic) bond motifs is 2. The van der Waals surface area contributed by atoms with Gasteiger partial charge in [-0.3, -0.25) is 0 Å². The molecule has 0 aromatic carbocycles. The number of rotatable bonds is 0. The highest BCUT2D eigenvalue weighted by atomic mass is 16.5. The Morgan fingerprint density at radius 3 is 2.50 bits per heavy atom. The minimum absolute atomic E-state index is 0.187. The first kappa shape index (κ1) is 8.55. The average molecular weight is 168 g/mol. The van der Waals surface area contributed by atoms with E-state index in [0.717, 1.165) is 5.92 Å². The summed E-state index contributed by atoms with van der Waals surface area (Å²) in [6.07, 6.45) is 4.43. The van der Waals surface area contributed by atoms with Gasteiger partial charge in [-0.1, -0.05) is 13.8 Å². The first-order valence-electron chi connectivity index (χ1n) is 5.14. The Balaban J connectivity index is 2.28. The van der Waals surface area contributed by atoms with E-state index in [2.05, 4.69) is 27.7 Å². The largest absolute Gasteiger partial charge is 0.371 e. The Labute approximate surface area is 75.5 Å². The molecule has 4 atom stereocenters. The molecular formula is C11H20O. The van der Waals surface area contributed by atoms with Crippen molar-refractivity contribution in [1.29, 1.82) is 0 Å². The van der Waals surface area contributed by atoms with Crippen molar-refractivity contribution in [2.45, 2.75) is 58.7 Å². The van der Waals surface area contributed by atoms with Gasteiger partial charge in [0.1, 0.15) is 0 Å². The molecule has 1 saturated carbocycles. The Morgan fingerprint density at radius 2 is 1.92 bits per heavy atom. The maximum atomic E-state index is 6.09.